The van der Waals surface area contributed by atoms with Gasteiger partial charge in [0, 0.05) is 13.0 Å². The minimum Gasteiger partial charge on any atom is -0.504 e. The molecule has 1 atom stereocenters. The molecule has 6 heteroatoms. The van der Waals surface area contributed by atoms with Gasteiger partial charge in [-0.1, -0.05) is 51.2 Å². The monoisotopic (exact) mass is 429 g/mol. The molecule has 6 nitrogen and oxygen atoms in total. The fourth-order valence-corrected chi connectivity index (χ4v) is 3.57. The van der Waals surface area contributed by atoms with Crippen molar-refractivity contribution in [2.75, 3.05) is 14.2 Å². The van der Waals surface area contributed by atoms with Crippen LogP contribution in [0.25, 0.3) is 0 Å². The third kappa shape index (κ3) is 7.47. The molecule has 1 unspecified atom stereocenters. The number of ether oxygens (including phenoxy) is 2. The average molecular weight is 430 g/mol. The van der Waals surface area contributed by atoms with E-state index in [2.05, 4.69) is 12.2 Å². The SMILES string of the molecule is CCCCCCCCC(=O)C(NCc1ccc(O)c(OC)c1)c1ccc(O)c(OC)c1. The van der Waals surface area contributed by atoms with Gasteiger partial charge >= 0.3 is 0 Å². The molecule has 0 saturated heterocycles. The van der Waals surface area contributed by atoms with Crippen LogP contribution in [-0.2, 0) is 11.3 Å². The first-order chi connectivity index (χ1) is 15.0. The molecule has 0 fully saturated rings. The zero-order valence-corrected chi connectivity index (χ0v) is 18.8. The van der Waals surface area contributed by atoms with E-state index in [-0.39, 0.29) is 17.3 Å². The lowest BCUT2D eigenvalue weighted by Crippen LogP contribution is -2.28. The van der Waals surface area contributed by atoms with Crippen molar-refractivity contribution in [3.8, 4) is 23.0 Å². The van der Waals surface area contributed by atoms with Crippen LogP contribution in [0.1, 0.15) is 69.0 Å². The molecule has 0 heterocycles. The van der Waals surface area contributed by atoms with E-state index in [0.29, 0.717) is 24.5 Å². The highest BCUT2D eigenvalue weighted by Gasteiger charge is 2.21. The molecular formula is C25H35NO5. The number of phenolic OH excluding ortho intramolecular Hbond substituents is 2. The van der Waals surface area contributed by atoms with Crippen molar-refractivity contribution in [3.05, 3.63) is 47.5 Å². The Morgan fingerprint density at radius 2 is 1.52 bits per heavy atom. The van der Waals surface area contributed by atoms with Crippen LogP contribution in [0, 0.1) is 0 Å². The van der Waals surface area contributed by atoms with Crippen molar-refractivity contribution >= 4 is 5.78 Å². The maximum atomic E-state index is 13.1. The predicted molar refractivity (Wildman–Crippen MR) is 122 cm³/mol. The Bertz CT molecular complexity index is 837. The third-order valence-electron chi connectivity index (χ3n) is 5.39. The lowest BCUT2D eigenvalue weighted by molar-refractivity contribution is -0.121. The number of methoxy groups -OCH3 is 2. The number of hydrogen-bond acceptors (Lipinski definition) is 6. The summed E-state index contributed by atoms with van der Waals surface area (Å²) >= 11 is 0. The number of ketones is 1. The Morgan fingerprint density at radius 3 is 2.19 bits per heavy atom. The van der Waals surface area contributed by atoms with Crippen LogP contribution in [-0.4, -0.2) is 30.2 Å². The van der Waals surface area contributed by atoms with Gasteiger partial charge in [-0.15, -0.1) is 0 Å². The lowest BCUT2D eigenvalue weighted by Gasteiger charge is -2.20. The fraction of sp³-hybridized carbons (Fsp3) is 0.480. The standard InChI is InChI=1S/C25H35NO5/c1-4-5-6-7-8-9-10-22(29)25(19-12-14-21(28)24(16-19)31-3)26-17-18-11-13-20(27)23(15-18)30-2/h11-16,25-28H,4-10,17H2,1-3H3. The van der Waals surface area contributed by atoms with Crippen molar-refractivity contribution in [1.82, 2.24) is 5.32 Å². The summed E-state index contributed by atoms with van der Waals surface area (Å²) in [5.41, 5.74) is 1.63. The molecule has 0 bridgehead atoms. The molecule has 0 spiro atoms. The molecule has 0 aliphatic rings. The molecule has 31 heavy (non-hydrogen) atoms. The molecule has 0 aliphatic carbocycles. The van der Waals surface area contributed by atoms with Crippen LogP contribution in [0.15, 0.2) is 36.4 Å². The highest BCUT2D eigenvalue weighted by atomic mass is 16.5. The smallest absolute Gasteiger partial charge is 0.160 e. The summed E-state index contributed by atoms with van der Waals surface area (Å²) in [5, 5.41) is 23.1. The molecule has 0 radical (unpaired) electrons. The molecule has 2 rings (SSSR count). The Hall–Kier alpha value is -2.73. The van der Waals surface area contributed by atoms with Gasteiger partial charge < -0.3 is 19.7 Å². The summed E-state index contributed by atoms with van der Waals surface area (Å²) in [4.78, 5) is 13.1. The number of carbonyl (C=O) groups is 1. The van der Waals surface area contributed by atoms with Crippen LogP contribution < -0.4 is 14.8 Å². The lowest BCUT2D eigenvalue weighted by atomic mass is 9.97. The first-order valence-corrected chi connectivity index (χ1v) is 11.0. The second-order valence-electron chi connectivity index (χ2n) is 7.74. The molecule has 0 aliphatic heterocycles. The summed E-state index contributed by atoms with van der Waals surface area (Å²) < 4.78 is 10.4. The maximum Gasteiger partial charge on any atom is 0.160 e. The molecule has 3 N–H and O–H groups in total. The van der Waals surface area contributed by atoms with Gasteiger partial charge in [0.2, 0.25) is 0 Å². The number of unbranched alkanes of at least 4 members (excludes halogenated alkanes) is 5. The van der Waals surface area contributed by atoms with Crippen LogP contribution in [0.2, 0.25) is 0 Å². The zero-order valence-electron chi connectivity index (χ0n) is 18.8. The fourth-order valence-electron chi connectivity index (χ4n) is 3.57. The number of phenols is 2. The number of benzene rings is 2. The number of Topliss-reactive ketones (excluding diaryl/α,β-unsaturated/α-hetero) is 1. The summed E-state index contributed by atoms with van der Waals surface area (Å²) in [5.74, 6) is 0.944. The summed E-state index contributed by atoms with van der Waals surface area (Å²) in [6.07, 6.45) is 7.21. The van der Waals surface area contributed by atoms with E-state index < -0.39 is 6.04 Å². The largest absolute Gasteiger partial charge is 0.504 e. The molecule has 2 aromatic rings. The maximum absolute atomic E-state index is 13.1. The number of hydrogen-bond donors (Lipinski definition) is 3. The number of nitrogens with one attached hydrogen (secondary N) is 1. The highest BCUT2D eigenvalue weighted by Crippen LogP contribution is 2.31. The third-order valence-corrected chi connectivity index (χ3v) is 5.39. The van der Waals surface area contributed by atoms with Crippen LogP contribution in [0.3, 0.4) is 0 Å². The quantitative estimate of drug-likeness (QED) is 0.355. The van der Waals surface area contributed by atoms with Gasteiger partial charge in [-0.3, -0.25) is 10.1 Å². The second kappa shape index (κ2) is 12.8. The zero-order chi connectivity index (χ0) is 22.6. The van der Waals surface area contributed by atoms with Gasteiger partial charge in [-0.25, -0.2) is 0 Å². The van der Waals surface area contributed by atoms with Gasteiger partial charge in [0.25, 0.3) is 0 Å². The molecule has 2 aromatic carbocycles. The minimum atomic E-state index is -0.523. The van der Waals surface area contributed by atoms with Crippen LogP contribution in [0.4, 0.5) is 0 Å². The van der Waals surface area contributed by atoms with E-state index in [1.165, 1.54) is 33.5 Å². The Kier molecular flexibility index (Phi) is 10.2. The van der Waals surface area contributed by atoms with Gasteiger partial charge in [-0.05, 0) is 41.8 Å². The van der Waals surface area contributed by atoms with Gasteiger partial charge in [0.05, 0.1) is 20.3 Å². The topological polar surface area (TPSA) is 88.0 Å². The van der Waals surface area contributed by atoms with Gasteiger partial charge in [0.15, 0.2) is 28.8 Å². The first-order valence-electron chi connectivity index (χ1n) is 11.0. The number of carbonyl (C=O) groups excluding carboxylic acids is 1. The molecule has 0 aromatic heterocycles. The van der Waals surface area contributed by atoms with Gasteiger partial charge in [0.1, 0.15) is 0 Å². The second-order valence-corrected chi connectivity index (χ2v) is 7.74. The van der Waals surface area contributed by atoms with E-state index in [9.17, 15) is 15.0 Å². The molecular weight excluding hydrogens is 394 g/mol. The predicted octanol–water partition coefficient (Wildman–Crippen LogP) is 5.27. The van der Waals surface area contributed by atoms with Crippen molar-refractivity contribution in [2.45, 2.75) is 64.5 Å². The molecule has 0 saturated carbocycles. The van der Waals surface area contributed by atoms with E-state index in [4.69, 9.17) is 9.47 Å². The first kappa shape index (κ1) is 24.5. The van der Waals surface area contributed by atoms with E-state index >= 15 is 0 Å². The van der Waals surface area contributed by atoms with Crippen molar-refractivity contribution in [3.63, 3.8) is 0 Å². The van der Waals surface area contributed by atoms with Crippen LogP contribution in [0.5, 0.6) is 23.0 Å². The Morgan fingerprint density at radius 1 is 0.903 bits per heavy atom. The van der Waals surface area contributed by atoms with Crippen molar-refractivity contribution in [1.29, 1.82) is 0 Å². The van der Waals surface area contributed by atoms with E-state index in [1.807, 2.05) is 0 Å². The minimum absolute atomic E-state index is 0.0386. The van der Waals surface area contributed by atoms with Gasteiger partial charge in [-0.2, -0.15) is 0 Å². The van der Waals surface area contributed by atoms with E-state index in [1.54, 1.807) is 36.4 Å². The summed E-state index contributed by atoms with van der Waals surface area (Å²) in [7, 11) is 2.99. The molecule has 170 valence electrons. The molecule has 0 amide bonds. The van der Waals surface area contributed by atoms with Crippen LogP contribution >= 0.6 is 0 Å². The van der Waals surface area contributed by atoms with E-state index in [0.717, 1.165) is 30.4 Å². The average Bonchev–Trinajstić information content (AvgIpc) is 2.78. The number of rotatable bonds is 14. The van der Waals surface area contributed by atoms with Crippen molar-refractivity contribution in [2.24, 2.45) is 0 Å². The normalized spacial score (nSPS) is 11.8. The summed E-state index contributed by atoms with van der Waals surface area (Å²) in [6, 6.07) is 9.57. The number of aromatic hydroxyl groups is 2. The highest BCUT2D eigenvalue weighted by molar-refractivity contribution is 5.85. The van der Waals surface area contributed by atoms with Crippen molar-refractivity contribution < 1.29 is 24.5 Å². The Labute approximate surface area is 185 Å². The summed E-state index contributed by atoms with van der Waals surface area (Å²) in [6.45, 7) is 2.61. The Balaban J connectivity index is 2.11.